The summed E-state index contributed by atoms with van der Waals surface area (Å²) in [7, 11) is 0. The average molecular weight is 321 g/mol. The fraction of sp³-hybridized carbons (Fsp3) is 0.211. The van der Waals surface area contributed by atoms with E-state index in [1.807, 2.05) is 50.2 Å². The van der Waals surface area contributed by atoms with E-state index in [0.717, 1.165) is 22.8 Å². The van der Waals surface area contributed by atoms with Crippen LogP contribution in [0.25, 0.3) is 22.8 Å². The summed E-state index contributed by atoms with van der Waals surface area (Å²) < 4.78 is 5.19. The summed E-state index contributed by atoms with van der Waals surface area (Å²) in [5.74, 6) is -0.369. The maximum absolute atomic E-state index is 12.3. The minimum Gasteiger partial charge on any atom is -0.462 e. The smallest absolute Gasteiger partial charge is 0.340 e. The van der Waals surface area contributed by atoms with Gasteiger partial charge in [0.2, 0.25) is 0 Å². The molecule has 24 heavy (non-hydrogen) atoms. The normalized spacial score (nSPS) is 10.6. The van der Waals surface area contributed by atoms with Crippen molar-refractivity contribution in [1.82, 2.24) is 15.0 Å². The SMILES string of the molecule is CCOC(=O)c1cc(-c2cccc(C)n2)[nH]c1-c1cccc(C)n1. The fourth-order valence-electron chi connectivity index (χ4n) is 2.54. The Kier molecular flexibility index (Phi) is 4.42. The van der Waals surface area contributed by atoms with Crippen LogP contribution in [0.15, 0.2) is 42.5 Å². The van der Waals surface area contributed by atoms with Crippen molar-refractivity contribution in [3.63, 3.8) is 0 Å². The summed E-state index contributed by atoms with van der Waals surface area (Å²) in [6.07, 6.45) is 0. The van der Waals surface area contributed by atoms with Gasteiger partial charge in [0, 0.05) is 11.4 Å². The van der Waals surface area contributed by atoms with Gasteiger partial charge in [-0.2, -0.15) is 0 Å². The lowest BCUT2D eigenvalue weighted by atomic mass is 10.1. The molecule has 0 aliphatic heterocycles. The predicted octanol–water partition coefficient (Wildman–Crippen LogP) is 3.93. The number of carbonyl (C=O) groups excluding carboxylic acids is 1. The van der Waals surface area contributed by atoms with Crippen LogP contribution in [0.4, 0.5) is 0 Å². The predicted molar refractivity (Wildman–Crippen MR) is 92.7 cm³/mol. The van der Waals surface area contributed by atoms with E-state index >= 15 is 0 Å². The van der Waals surface area contributed by atoms with Gasteiger partial charge in [-0.25, -0.2) is 4.79 Å². The van der Waals surface area contributed by atoms with Crippen LogP contribution in [0.2, 0.25) is 0 Å². The van der Waals surface area contributed by atoms with Crippen molar-refractivity contribution in [2.24, 2.45) is 0 Å². The van der Waals surface area contributed by atoms with E-state index in [1.165, 1.54) is 0 Å². The van der Waals surface area contributed by atoms with Crippen LogP contribution < -0.4 is 0 Å². The van der Waals surface area contributed by atoms with Crippen molar-refractivity contribution >= 4 is 5.97 Å². The van der Waals surface area contributed by atoms with E-state index in [0.29, 0.717) is 23.6 Å². The Morgan fingerprint density at radius 2 is 1.67 bits per heavy atom. The maximum Gasteiger partial charge on any atom is 0.340 e. The second-order valence-corrected chi connectivity index (χ2v) is 5.52. The van der Waals surface area contributed by atoms with Crippen LogP contribution >= 0.6 is 0 Å². The topological polar surface area (TPSA) is 67.9 Å². The third-order valence-electron chi connectivity index (χ3n) is 3.62. The Bertz CT molecular complexity index is 884. The molecular weight excluding hydrogens is 302 g/mol. The molecule has 0 unspecified atom stereocenters. The van der Waals surface area contributed by atoms with E-state index in [4.69, 9.17) is 4.74 Å². The zero-order valence-corrected chi connectivity index (χ0v) is 14.0. The van der Waals surface area contributed by atoms with Gasteiger partial charge in [0.1, 0.15) is 0 Å². The highest BCUT2D eigenvalue weighted by Gasteiger charge is 2.20. The van der Waals surface area contributed by atoms with E-state index in [2.05, 4.69) is 15.0 Å². The number of carbonyl (C=O) groups is 1. The number of hydrogen-bond acceptors (Lipinski definition) is 4. The number of hydrogen-bond donors (Lipinski definition) is 1. The van der Waals surface area contributed by atoms with E-state index in [-0.39, 0.29) is 5.97 Å². The quantitative estimate of drug-likeness (QED) is 0.739. The number of nitrogens with zero attached hydrogens (tertiary/aromatic N) is 2. The van der Waals surface area contributed by atoms with Crippen molar-refractivity contribution < 1.29 is 9.53 Å². The van der Waals surface area contributed by atoms with Crippen LogP contribution in [-0.2, 0) is 4.74 Å². The number of aromatic amines is 1. The Morgan fingerprint density at radius 3 is 2.29 bits per heavy atom. The van der Waals surface area contributed by atoms with Crippen molar-refractivity contribution in [3.8, 4) is 22.8 Å². The summed E-state index contributed by atoms with van der Waals surface area (Å²) in [6, 6.07) is 13.3. The summed E-state index contributed by atoms with van der Waals surface area (Å²) in [5.41, 5.74) is 5.15. The largest absolute Gasteiger partial charge is 0.462 e. The maximum atomic E-state index is 12.3. The first-order valence-electron chi connectivity index (χ1n) is 7.86. The fourth-order valence-corrected chi connectivity index (χ4v) is 2.54. The monoisotopic (exact) mass is 321 g/mol. The van der Waals surface area contributed by atoms with Crippen LogP contribution in [0.5, 0.6) is 0 Å². The van der Waals surface area contributed by atoms with Crippen molar-refractivity contribution in [1.29, 1.82) is 0 Å². The van der Waals surface area contributed by atoms with Crippen LogP contribution in [0, 0.1) is 13.8 Å². The van der Waals surface area contributed by atoms with Gasteiger partial charge in [-0.15, -0.1) is 0 Å². The zero-order valence-electron chi connectivity index (χ0n) is 14.0. The molecule has 5 nitrogen and oxygen atoms in total. The Labute approximate surface area is 140 Å². The number of aromatic nitrogens is 3. The third-order valence-corrected chi connectivity index (χ3v) is 3.62. The minimum atomic E-state index is -0.369. The molecule has 0 atom stereocenters. The molecule has 0 radical (unpaired) electrons. The molecule has 5 heteroatoms. The highest BCUT2D eigenvalue weighted by atomic mass is 16.5. The summed E-state index contributed by atoms with van der Waals surface area (Å²) in [4.78, 5) is 24.6. The minimum absolute atomic E-state index is 0.322. The highest BCUT2D eigenvalue weighted by molar-refractivity contribution is 5.97. The second kappa shape index (κ2) is 6.66. The van der Waals surface area contributed by atoms with Gasteiger partial charge in [0.05, 0.1) is 34.9 Å². The summed E-state index contributed by atoms with van der Waals surface area (Å²) in [6.45, 7) is 5.96. The molecule has 3 rings (SSSR count). The Balaban J connectivity index is 2.14. The van der Waals surface area contributed by atoms with Gasteiger partial charge in [-0.05, 0) is 51.1 Å². The van der Waals surface area contributed by atoms with Crippen molar-refractivity contribution in [2.75, 3.05) is 6.61 Å². The lowest BCUT2D eigenvalue weighted by Crippen LogP contribution is -2.05. The van der Waals surface area contributed by atoms with E-state index in [1.54, 1.807) is 13.0 Å². The van der Waals surface area contributed by atoms with Gasteiger partial charge < -0.3 is 9.72 Å². The lowest BCUT2D eigenvalue weighted by Gasteiger charge is -2.04. The number of nitrogens with one attached hydrogen (secondary N) is 1. The molecule has 0 fully saturated rings. The summed E-state index contributed by atoms with van der Waals surface area (Å²) in [5, 5.41) is 0. The number of pyridine rings is 2. The first kappa shape index (κ1) is 15.9. The van der Waals surface area contributed by atoms with Gasteiger partial charge in [0.25, 0.3) is 0 Å². The molecular formula is C19H19N3O2. The molecule has 1 N–H and O–H groups in total. The molecule has 0 aliphatic rings. The molecule has 0 aromatic carbocycles. The third kappa shape index (κ3) is 3.20. The van der Waals surface area contributed by atoms with Crippen molar-refractivity contribution in [2.45, 2.75) is 20.8 Å². The standard InChI is InChI=1S/C19H19N3O2/c1-4-24-19(23)14-11-17(15-9-5-7-12(2)20-15)22-18(14)16-10-6-8-13(3)21-16/h5-11,22H,4H2,1-3H3. The average Bonchev–Trinajstić information content (AvgIpc) is 3.00. The van der Waals surface area contributed by atoms with E-state index < -0.39 is 0 Å². The number of rotatable bonds is 4. The molecule has 0 saturated heterocycles. The Morgan fingerprint density at radius 1 is 1.04 bits per heavy atom. The Hall–Kier alpha value is -2.95. The molecule has 3 heterocycles. The molecule has 0 amide bonds. The molecule has 3 aromatic rings. The highest BCUT2D eigenvalue weighted by Crippen LogP contribution is 2.28. The molecule has 122 valence electrons. The van der Waals surface area contributed by atoms with Crippen LogP contribution in [0.1, 0.15) is 28.7 Å². The van der Waals surface area contributed by atoms with Gasteiger partial charge in [0.15, 0.2) is 0 Å². The molecule has 0 bridgehead atoms. The van der Waals surface area contributed by atoms with Crippen LogP contribution in [0.3, 0.4) is 0 Å². The zero-order chi connectivity index (χ0) is 17.1. The van der Waals surface area contributed by atoms with Crippen molar-refractivity contribution in [3.05, 3.63) is 59.4 Å². The van der Waals surface area contributed by atoms with Gasteiger partial charge in [-0.1, -0.05) is 12.1 Å². The molecule has 0 saturated carbocycles. The van der Waals surface area contributed by atoms with E-state index in [9.17, 15) is 4.79 Å². The first-order valence-corrected chi connectivity index (χ1v) is 7.86. The van der Waals surface area contributed by atoms with Gasteiger partial charge >= 0.3 is 5.97 Å². The number of aryl methyl sites for hydroxylation is 2. The second-order valence-electron chi connectivity index (χ2n) is 5.52. The molecule has 0 spiro atoms. The lowest BCUT2D eigenvalue weighted by molar-refractivity contribution is 0.0527. The van der Waals surface area contributed by atoms with Crippen LogP contribution in [-0.4, -0.2) is 27.5 Å². The number of esters is 1. The number of ether oxygens (including phenoxy) is 1. The molecule has 3 aromatic heterocycles. The molecule has 0 aliphatic carbocycles. The van der Waals surface area contributed by atoms with Gasteiger partial charge in [-0.3, -0.25) is 9.97 Å². The first-order chi connectivity index (χ1) is 11.6. The summed E-state index contributed by atoms with van der Waals surface area (Å²) >= 11 is 0. The number of H-pyrrole nitrogens is 1.